The number of hydrogen-bond donors (Lipinski definition) is 0. The molecule has 2 aromatic carbocycles. The first-order valence-corrected chi connectivity index (χ1v) is 9.96. The minimum absolute atomic E-state index is 0.748. The van der Waals surface area contributed by atoms with Gasteiger partial charge in [0.25, 0.3) is 0 Å². The second-order valence-corrected chi connectivity index (χ2v) is 7.71. The van der Waals surface area contributed by atoms with E-state index in [4.69, 9.17) is 16.7 Å². The maximum atomic E-state index is 6.07. The Kier molecular flexibility index (Phi) is 5.11. The van der Waals surface area contributed by atoms with Crippen LogP contribution >= 0.6 is 22.9 Å². The van der Waals surface area contributed by atoms with Gasteiger partial charge in [-0.25, -0.2) is 0 Å². The fourth-order valence-electron chi connectivity index (χ4n) is 3.05. The lowest BCUT2D eigenvalue weighted by molar-refractivity contribution is 0.154. The lowest BCUT2D eigenvalue weighted by Gasteiger charge is -2.30. The molecule has 1 aliphatic heterocycles. The summed E-state index contributed by atoms with van der Waals surface area (Å²) >= 11 is 7.74. The Labute approximate surface area is 162 Å². The predicted octanol–water partition coefficient (Wildman–Crippen LogP) is 3.92. The molecule has 4 nitrogen and oxygen atoms in total. The molecule has 1 aliphatic rings. The first-order chi connectivity index (χ1) is 12.7. The van der Waals surface area contributed by atoms with Gasteiger partial charge >= 0.3 is 0 Å². The van der Waals surface area contributed by atoms with E-state index >= 15 is 0 Å². The number of thiazole rings is 1. The molecule has 2 heterocycles. The number of hydrogen-bond acceptors (Lipinski definition) is 4. The fourth-order valence-corrected chi connectivity index (χ4v) is 4.10. The Morgan fingerprint density at radius 2 is 1.62 bits per heavy atom. The first-order valence-electron chi connectivity index (χ1n) is 8.71. The number of rotatable bonds is 3. The van der Waals surface area contributed by atoms with E-state index in [1.165, 1.54) is 0 Å². The van der Waals surface area contributed by atoms with Crippen LogP contribution in [0.15, 0.2) is 65.1 Å². The molecule has 3 aromatic rings. The van der Waals surface area contributed by atoms with Crippen LogP contribution in [0, 0.1) is 0 Å². The molecule has 0 saturated carbocycles. The summed E-state index contributed by atoms with van der Waals surface area (Å²) in [5.41, 5.74) is 3.38. The van der Waals surface area contributed by atoms with Crippen LogP contribution in [0.1, 0.15) is 0 Å². The van der Waals surface area contributed by atoms with Gasteiger partial charge in [0, 0.05) is 42.3 Å². The lowest BCUT2D eigenvalue weighted by atomic mass is 10.1. The third-order valence-electron chi connectivity index (χ3n) is 4.57. The molecule has 0 aliphatic carbocycles. The molecule has 4 rings (SSSR count). The second-order valence-electron chi connectivity index (χ2n) is 6.44. The normalized spacial score (nSPS) is 16.2. The molecule has 26 heavy (non-hydrogen) atoms. The van der Waals surface area contributed by atoms with Crippen LogP contribution < -0.4 is 4.80 Å². The average molecular weight is 385 g/mol. The number of halogens is 1. The molecule has 1 saturated heterocycles. The molecule has 134 valence electrons. The van der Waals surface area contributed by atoms with Crippen molar-refractivity contribution in [3.63, 3.8) is 0 Å². The average Bonchev–Trinajstić information content (AvgIpc) is 3.08. The van der Waals surface area contributed by atoms with Crippen LogP contribution in [-0.2, 0) is 0 Å². The zero-order chi connectivity index (χ0) is 17.9. The molecule has 0 N–H and O–H groups in total. The highest BCUT2D eigenvalue weighted by molar-refractivity contribution is 7.07. The van der Waals surface area contributed by atoms with Crippen molar-refractivity contribution in [2.24, 2.45) is 5.10 Å². The summed E-state index contributed by atoms with van der Waals surface area (Å²) in [7, 11) is 2.16. The van der Waals surface area contributed by atoms with E-state index in [0.717, 1.165) is 52.9 Å². The van der Waals surface area contributed by atoms with E-state index in [-0.39, 0.29) is 0 Å². The topological polar surface area (TPSA) is 23.8 Å². The van der Waals surface area contributed by atoms with E-state index in [9.17, 15) is 0 Å². The Morgan fingerprint density at radius 1 is 0.923 bits per heavy atom. The summed E-state index contributed by atoms with van der Waals surface area (Å²) < 4.78 is 2.23. The molecular formula is C20H21ClN4S. The van der Waals surface area contributed by atoms with Crippen LogP contribution in [0.3, 0.4) is 0 Å². The highest BCUT2D eigenvalue weighted by atomic mass is 35.5. The third kappa shape index (κ3) is 3.70. The van der Waals surface area contributed by atoms with Gasteiger partial charge in [-0.05, 0) is 36.9 Å². The van der Waals surface area contributed by atoms with Gasteiger partial charge in [0.15, 0.2) is 0 Å². The predicted molar refractivity (Wildman–Crippen MR) is 109 cm³/mol. The molecule has 0 radical (unpaired) electrons. The van der Waals surface area contributed by atoms with E-state index in [0.29, 0.717) is 0 Å². The maximum Gasteiger partial charge on any atom is 0.213 e. The van der Waals surface area contributed by atoms with Crippen molar-refractivity contribution < 1.29 is 0 Å². The van der Waals surface area contributed by atoms with Crippen LogP contribution in [0.4, 0.5) is 0 Å². The van der Waals surface area contributed by atoms with Gasteiger partial charge in [-0.15, -0.1) is 16.4 Å². The Hall–Kier alpha value is -2.08. The molecule has 0 unspecified atom stereocenters. The van der Waals surface area contributed by atoms with Gasteiger partial charge in [0.2, 0.25) is 4.80 Å². The fraction of sp³-hybridized carbons (Fsp3) is 0.250. The van der Waals surface area contributed by atoms with E-state index in [1.54, 1.807) is 11.3 Å². The second kappa shape index (κ2) is 7.66. The van der Waals surface area contributed by atoms with Gasteiger partial charge in [-0.1, -0.05) is 41.9 Å². The Balaban J connectivity index is 1.81. The van der Waals surface area contributed by atoms with Crippen molar-refractivity contribution in [3.8, 4) is 16.9 Å². The molecule has 0 atom stereocenters. The van der Waals surface area contributed by atoms with Crippen molar-refractivity contribution in [3.05, 3.63) is 69.8 Å². The highest BCUT2D eigenvalue weighted by Crippen LogP contribution is 2.25. The van der Waals surface area contributed by atoms with E-state index in [1.807, 2.05) is 18.2 Å². The summed E-state index contributed by atoms with van der Waals surface area (Å²) in [5, 5.41) is 10.1. The number of aromatic nitrogens is 1. The maximum absolute atomic E-state index is 6.07. The van der Waals surface area contributed by atoms with Crippen molar-refractivity contribution >= 4 is 22.9 Å². The SMILES string of the molecule is CN1CCN(N=c2scc(-c3ccc(Cl)cc3)n2-c2ccccc2)CC1. The molecule has 6 heteroatoms. The van der Waals surface area contributed by atoms with Crippen LogP contribution in [0.2, 0.25) is 5.02 Å². The largest absolute Gasteiger partial charge is 0.303 e. The molecule has 0 amide bonds. The van der Waals surface area contributed by atoms with E-state index in [2.05, 4.69) is 63.3 Å². The third-order valence-corrected chi connectivity index (χ3v) is 5.64. The Morgan fingerprint density at radius 3 is 2.31 bits per heavy atom. The van der Waals surface area contributed by atoms with Crippen LogP contribution in [0.25, 0.3) is 16.9 Å². The molecule has 0 spiro atoms. The minimum atomic E-state index is 0.748. The van der Waals surface area contributed by atoms with Gasteiger partial charge in [-0.3, -0.25) is 9.58 Å². The molecule has 1 aromatic heterocycles. The Bertz CT molecular complexity index is 922. The summed E-state index contributed by atoms with van der Waals surface area (Å²) in [4.78, 5) is 3.33. The minimum Gasteiger partial charge on any atom is -0.303 e. The smallest absolute Gasteiger partial charge is 0.213 e. The van der Waals surface area contributed by atoms with Gasteiger partial charge in [-0.2, -0.15) is 0 Å². The van der Waals surface area contributed by atoms with E-state index < -0.39 is 0 Å². The standard InChI is InChI=1S/C20H21ClN4S/c1-23-11-13-24(14-12-23)22-20-25(18-5-3-2-4-6-18)19(15-26-20)16-7-9-17(21)10-8-16/h2-10,15H,11-14H2,1H3. The summed E-state index contributed by atoms with van der Waals surface area (Å²) in [6.07, 6.45) is 0. The summed E-state index contributed by atoms with van der Waals surface area (Å²) in [6, 6.07) is 18.4. The number of likely N-dealkylation sites (N-methyl/N-ethyl adjacent to an activating group) is 1. The van der Waals surface area contributed by atoms with Crippen molar-refractivity contribution in [2.75, 3.05) is 33.2 Å². The zero-order valence-electron chi connectivity index (χ0n) is 14.7. The number of benzene rings is 2. The lowest BCUT2D eigenvalue weighted by Crippen LogP contribution is -2.42. The molecule has 1 fully saturated rings. The zero-order valence-corrected chi connectivity index (χ0v) is 16.2. The summed E-state index contributed by atoms with van der Waals surface area (Å²) in [5.74, 6) is 0. The summed E-state index contributed by atoms with van der Waals surface area (Å²) in [6.45, 7) is 4.01. The monoisotopic (exact) mass is 384 g/mol. The first kappa shape index (κ1) is 17.3. The molecular weight excluding hydrogens is 364 g/mol. The number of piperazine rings is 1. The van der Waals surface area contributed by atoms with Crippen molar-refractivity contribution in [1.29, 1.82) is 0 Å². The number of nitrogens with zero attached hydrogens (tertiary/aromatic N) is 4. The molecule has 0 bridgehead atoms. The van der Waals surface area contributed by atoms with Crippen LogP contribution in [-0.4, -0.2) is 47.7 Å². The highest BCUT2D eigenvalue weighted by Gasteiger charge is 2.14. The van der Waals surface area contributed by atoms with Gasteiger partial charge in [0.1, 0.15) is 0 Å². The van der Waals surface area contributed by atoms with Gasteiger partial charge in [0.05, 0.1) is 5.69 Å². The van der Waals surface area contributed by atoms with Crippen molar-refractivity contribution in [1.82, 2.24) is 14.5 Å². The van der Waals surface area contributed by atoms with Crippen LogP contribution in [0.5, 0.6) is 0 Å². The quantitative estimate of drug-likeness (QED) is 0.683. The van der Waals surface area contributed by atoms with Crippen molar-refractivity contribution in [2.45, 2.75) is 0 Å². The van der Waals surface area contributed by atoms with Gasteiger partial charge < -0.3 is 4.90 Å². The number of para-hydroxylation sites is 1.